The average molecular weight is 465 g/mol. The number of pyridine rings is 1. The number of nitrogens with one attached hydrogen (secondary N) is 3. The van der Waals surface area contributed by atoms with Gasteiger partial charge in [-0.25, -0.2) is 15.0 Å². The number of carbonyl (C=O) groups is 1. The first-order valence-corrected chi connectivity index (χ1v) is 11.3. The zero-order chi connectivity index (χ0) is 24.3. The normalized spacial score (nSPS) is 11.5. The largest absolute Gasteiger partial charge is 0.496 e. The van der Waals surface area contributed by atoms with E-state index in [2.05, 4.69) is 37.8 Å². The monoisotopic (exact) mass is 464 g/mol. The molecule has 0 spiro atoms. The standard InChI is InChI=1S/C25H32N6O3/c1-17(11-18-5-6-19(25(33)26-2)12-22(18)34-3)14-28-24-13-21(30-16-31-24)20-7-8-23(29-15-20)27-9-4-10-32/h5-8,12-13,15-17,32H,4,9-11,14H2,1-3H3,(H,26,33)(H,27,29)(H,28,30,31). The Morgan fingerprint density at radius 1 is 1.09 bits per heavy atom. The fourth-order valence-corrected chi connectivity index (χ4v) is 3.48. The summed E-state index contributed by atoms with van der Waals surface area (Å²) in [5.74, 6) is 2.37. The van der Waals surface area contributed by atoms with Gasteiger partial charge in [0.1, 0.15) is 23.7 Å². The quantitative estimate of drug-likeness (QED) is 0.302. The Labute approximate surface area is 200 Å². The molecule has 0 bridgehead atoms. The van der Waals surface area contributed by atoms with Crippen molar-refractivity contribution in [1.29, 1.82) is 0 Å². The smallest absolute Gasteiger partial charge is 0.251 e. The highest BCUT2D eigenvalue weighted by Crippen LogP contribution is 2.24. The zero-order valence-corrected chi connectivity index (χ0v) is 19.8. The number of benzene rings is 1. The molecule has 180 valence electrons. The fourth-order valence-electron chi connectivity index (χ4n) is 3.48. The number of carbonyl (C=O) groups excluding carboxylic acids is 1. The van der Waals surface area contributed by atoms with Gasteiger partial charge in [0, 0.05) is 50.1 Å². The fraction of sp³-hybridized carbons (Fsp3) is 0.360. The Hall–Kier alpha value is -3.72. The predicted octanol–water partition coefficient (Wildman–Crippen LogP) is 2.99. The van der Waals surface area contributed by atoms with Crippen molar-refractivity contribution in [1.82, 2.24) is 20.3 Å². The van der Waals surface area contributed by atoms with Gasteiger partial charge in [-0.2, -0.15) is 0 Å². The van der Waals surface area contributed by atoms with Crippen molar-refractivity contribution in [3.05, 3.63) is 60.0 Å². The number of aliphatic hydroxyl groups is 1. The van der Waals surface area contributed by atoms with Gasteiger partial charge in [0.05, 0.1) is 12.8 Å². The summed E-state index contributed by atoms with van der Waals surface area (Å²) in [6.07, 6.45) is 4.77. The SMILES string of the molecule is CNC(=O)c1ccc(CC(C)CNc2cc(-c3ccc(NCCCO)nc3)ncn2)c(OC)c1. The number of anilines is 2. The minimum atomic E-state index is -0.137. The highest BCUT2D eigenvalue weighted by atomic mass is 16.5. The van der Waals surface area contributed by atoms with E-state index in [1.807, 2.05) is 30.3 Å². The molecule has 1 amide bonds. The first kappa shape index (κ1) is 24.9. The number of nitrogens with zero attached hydrogens (tertiary/aromatic N) is 3. The number of aliphatic hydroxyl groups excluding tert-OH is 1. The molecule has 9 heteroatoms. The molecule has 9 nitrogen and oxygen atoms in total. The summed E-state index contributed by atoms with van der Waals surface area (Å²) in [7, 11) is 3.23. The molecule has 0 fully saturated rings. The Balaban J connectivity index is 1.59. The molecular weight excluding hydrogens is 432 g/mol. The molecule has 1 atom stereocenters. The highest BCUT2D eigenvalue weighted by Gasteiger charge is 2.13. The highest BCUT2D eigenvalue weighted by molar-refractivity contribution is 5.94. The third-order valence-electron chi connectivity index (χ3n) is 5.34. The third-order valence-corrected chi connectivity index (χ3v) is 5.34. The second-order valence-corrected chi connectivity index (χ2v) is 8.02. The van der Waals surface area contributed by atoms with Crippen LogP contribution in [0.2, 0.25) is 0 Å². The maximum atomic E-state index is 11.9. The summed E-state index contributed by atoms with van der Waals surface area (Å²) in [5.41, 5.74) is 3.30. The van der Waals surface area contributed by atoms with Gasteiger partial charge in [-0.15, -0.1) is 0 Å². The summed E-state index contributed by atoms with van der Waals surface area (Å²) in [6, 6.07) is 11.3. The Bertz CT molecular complexity index is 1070. The minimum absolute atomic E-state index is 0.137. The lowest BCUT2D eigenvalue weighted by molar-refractivity contribution is 0.0962. The molecule has 3 aromatic rings. The predicted molar refractivity (Wildman–Crippen MR) is 133 cm³/mol. The van der Waals surface area contributed by atoms with Crippen molar-refractivity contribution in [3.8, 4) is 17.0 Å². The van der Waals surface area contributed by atoms with Crippen molar-refractivity contribution in [2.24, 2.45) is 5.92 Å². The molecule has 1 aromatic carbocycles. The van der Waals surface area contributed by atoms with Crippen molar-refractivity contribution >= 4 is 17.5 Å². The molecule has 2 aromatic heterocycles. The summed E-state index contributed by atoms with van der Waals surface area (Å²) in [5, 5.41) is 18.1. The van der Waals surface area contributed by atoms with Crippen LogP contribution < -0.4 is 20.7 Å². The summed E-state index contributed by atoms with van der Waals surface area (Å²) >= 11 is 0. The molecule has 34 heavy (non-hydrogen) atoms. The Morgan fingerprint density at radius 2 is 1.94 bits per heavy atom. The van der Waals surface area contributed by atoms with E-state index in [0.717, 1.165) is 34.9 Å². The Kier molecular flexibility index (Phi) is 9.16. The van der Waals surface area contributed by atoms with Crippen LogP contribution in [-0.2, 0) is 6.42 Å². The molecule has 0 saturated heterocycles. The number of hydrogen-bond donors (Lipinski definition) is 4. The second-order valence-electron chi connectivity index (χ2n) is 8.02. The summed E-state index contributed by atoms with van der Waals surface area (Å²) < 4.78 is 5.50. The molecule has 3 rings (SSSR count). The second kappa shape index (κ2) is 12.5. The molecule has 0 aliphatic rings. The van der Waals surface area contributed by atoms with E-state index in [-0.39, 0.29) is 12.5 Å². The minimum Gasteiger partial charge on any atom is -0.496 e. The molecule has 2 heterocycles. The number of methoxy groups -OCH3 is 1. The summed E-state index contributed by atoms with van der Waals surface area (Å²) in [6.45, 7) is 3.68. The van der Waals surface area contributed by atoms with Gasteiger partial charge in [0.25, 0.3) is 5.91 Å². The number of aromatic nitrogens is 3. The molecular formula is C25H32N6O3. The molecule has 1 unspecified atom stereocenters. The third kappa shape index (κ3) is 6.89. The maximum Gasteiger partial charge on any atom is 0.251 e. The summed E-state index contributed by atoms with van der Waals surface area (Å²) in [4.78, 5) is 25.0. The molecule has 4 N–H and O–H groups in total. The first-order valence-electron chi connectivity index (χ1n) is 11.3. The maximum absolute atomic E-state index is 11.9. The Morgan fingerprint density at radius 3 is 2.65 bits per heavy atom. The van der Waals surface area contributed by atoms with Crippen LogP contribution in [0.5, 0.6) is 5.75 Å². The molecule has 0 aliphatic heterocycles. The van der Waals surface area contributed by atoms with Crippen LogP contribution in [-0.4, -0.2) is 59.8 Å². The topological polar surface area (TPSA) is 121 Å². The number of rotatable bonds is 12. The molecule has 0 saturated carbocycles. The lowest BCUT2D eigenvalue weighted by atomic mass is 9.98. The van der Waals surface area contributed by atoms with Gasteiger partial charge >= 0.3 is 0 Å². The van der Waals surface area contributed by atoms with Gasteiger partial charge in [-0.1, -0.05) is 13.0 Å². The van der Waals surface area contributed by atoms with Crippen molar-refractivity contribution in [3.63, 3.8) is 0 Å². The van der Waals surface area contributed by atoms with E-state index in [9.17, 15) is 4.79 Å². The van der Waals surface area contributed by atoms with Crippen LogP contribution in [0, 0.1) is 5.92 Å². The number of ether oxygens (including phenoxy) is 1. The van der Waals surface area contributed by atoms with E-state index in [1.54, 1.807) is 26.4 Å². The van der Waals surface area contributed by atoms with E-state index < -0.39 is 0 Å². The van der Waals surface area contributed by atoms with Crippen molar-refractivity contribution in [2.75, 3.05) is 44.5 Å². The van der Waals surface area contributed by atoms with Gasteiger partial charge in [0.15, 0.2) is 0 Å². The van der Waals surface area contributed by atoms with Crippen molar-refractivity contribution < 1.29 is 14.6 Å². The van der Waals surface area contributed by atoms with E-state index in [0.29, 0.717) is 36.7 Å². The first-order chi connectivity index (χ1) is 16.5. The van der Waals surface area contributed by atoms with Gasteiger partial charge in [-0.05, 0) is 48.6 Å². The van der Waals surface area contributed by atoms with Gasteiger partial charge in [0.2, 0.25) is 0 Å². The van der Waals surface area contributed by atoms with E-state index in [4.69, 9.17) is 9.84 Å². The lowest BCUT2D eigenvalue weighted by Crippen LogP contribution is -2.18. The number of hydrogen-bond acceptors (Lipinski definition) is 8. The van der Waals surface area contributed by atoms with Crippen molar-refractivity contribution in [2.45, 2.75) is 19.8 Å². The average Bonchev–Trinajstić information content (AvgIpc) is 2.88. The van der Waals surface area contributed by atoms with Crippen LogP contribution in [0.15, 0.2) is 48.9 Å². The van der Waals surface area contributed by atoms with Crippen LogP contribution in [0.25, 0.3) is 11.3 Å². The number of amides is 1. The van der Waals surface area contributed by atoms with Crippen LogP contribution in [0.3, 0.4) is 0 Å². The van der Waals surface area contributed by atoms with E-state index in [1.165, 1.54) is 6.33 Å². The van der Waals surface area contributed by atoms with Gasteiger partial charge in [-0.3, -0.25) is 4.79 Å². The van der Waals surface area contributed by atoms with Crippen LogP contribution in [0.4, 0.5) is 11.6 Å². The lowest BCUT2D eigenvalue weighted by Gasteiger charge is -2.16. The molecule has 0 aliphatic carbocycles. The van der Waals surface area contributed by atoms with Crippen LogP contribution >= 0.6 is 0 Å². The van der Waals surface area contributed by atoms with Gasteiger partial charge < -0.3 is 25.8 Å². The van der Waals surface area contributed by atoms with E-state index >= 15 is 0 Å². The molecule has 0 radical (unpaired) electrons. The van der Waals surface area contributed by atoms with Crippen LogP contribution in [0.1, 0.15) is 29.3 Å². The zero-order valence-electron chi connectivity index (χ0n) is 19.8.